The third-order valence-corrected chi connectivity index (χ3v) is 10.1. The number of nitrogens with zero attached hydrogens (tertiary/aromatic N) is 3. The summed E-state index contributed by atoms with van der Waals surface area (Å²) >= 11 is 6.49. The molecule has 0 amide bonds. The van der Waals surface area contributed by atoms with Gasteiger partial charge in [-0.2, -0.15) is 0 Å². The molecule has 1 unspecified atom stereocenters. The number of anilines is 1. The summed E-state index contributed by atoms with van der Waals surface area (Å²) in [5.41, 5.74) is 5.22. The van der Waals surface area contributed by atoms with E-state index in [0.29, 0.717) is 12.1 Å². The van der Waals surface area contributed by atoms with Crippen LogP contribution in [0.15, 0.2) is 12.1 Å². The van der Waals surface area contributed by atoms with Gasteiger partial charge in [0.1, 0.15) is 5.69 Å². The second-order valence-electron chi connectivity index (χ2n) is 7.32. The van der Waals surface area contributed by atoms with Crippen molar-refractivity contribution in [3.05, 3.63) is 23.3 Å². The minimum Gasteiger partial charge on any atom is -0.265 e. The zero-order valence-corrected chi connectivity index (χ0v) is 17.7. The van der Waals surface area contributed by atoms with Crippen LogP contribution in [0.2, 0.25) is 0 Å². The van der Waals surface area contributed by atoms with Crippen molar-refractivity contribution in [1.29, 1.82) is 0 Å². The van der Waals surface area contributed by atoms with E-state index < -0.39 is 6.19 Å². The summed E-state index contributed by atoms with van der Waals surface area (Å²) in [6.45, 7) is 13.4. The molecule has 0 bridgehead atoms. The highest BCUT2D eigenvalue weighted by molar-refractivity contribution is 8.25. The Morgan fingerprint density at radius 1 is 1.04 bits per heavy atom. The number of benzene rings is 1. The first-order chi connectivity index (χ1) is 10.5. The average Bonchev–Trinajstić information content (AvgIpc) is 2.58. The maximum atomic E-state index is 6.49. The Morgan fingerprint density at radius 3 is 1.96 bits per heavy atom. The number of rotatable bonds is 3. The van der Waals surface area contributed by atoms with E-state index in [4.69, 9.17) is 11.8 Å². The predicted octanol–water partition coefficient (Wildman–Crippen LogP) is 3.52. The van der Waals surface area contributed by atoms with Gasteiger partial charge < -0.3 is 0 Å². The molecule has 1 aromatic carbocycles. The van der Waals surface area contributed by atoms with Gasteiger partial charge >= 0.3 is 0 Å². The van der Waals surface area contributed by atoms with Crippen LogP contribution in [0.5, 0.6) is 0 Å². The van der Waals surface area contributed by atoms with Crippen molar-refractivity contribution in [3.63, 3.8) is 0 Å². The fraction of sp³-hybridized carbons (Fsp3) is 0.611. The maximum Gasteiger partial charge on any atom is 0.300 e. The number of amidine groups is 1. The molecule has 5 heteroatoms. The van der Waals surface area contributed by atoms with E-state index in [1.165, 1.54) is 27.7 Å². The lowest BCUT2D eigenvalue weighted by Crippen LogP contribution is -2.41. The molecule has 0 fully saturated rings. The molecule has 0 aliphatic carbocycles. The number of hydrogen-bond donors (Lipinski definition) is 0. The number of fused-ring (bicyclic) bond motifs is 1. The van der Waals surface area contributed by atoms with Gasteiger partial charge in [-0.25, -0.2) is 4.90 Å². The maximum absolute atomic E-state index is 6.49. The lowest BCUT2D eigenvalue weighted by Gasteiger charge is -2.37. The van der Waals surface area contributed by atoms with Crippen molar-refractivity contribution in [1.82, 2.24) is 4.67 Å². The summed E-state index contributed by atoms with van der Waals surface area (Å²) in [6.07, 6.45) is -2.02. The second kappa shape index (κ2) is 6.31. The van der Waals surface area contributed by atoms with Crippen molar-refractivity contribution < 1.29 is 4.58 Å². The molecule has 0 spiro atoms. The first-order valence-electron chi connectivity index (χ1n) is 8.32. The largest absolute Gasteiger partial charge is 0.300 e. The van der Waals surface area contributed by atoms with Crippen LogP contribution in [0.3, 0.4) is 0 Å². The highest BCUT2D eigenvalue weighted by Crippen LogP contribution is 2.59. The molecular weight excluding hydrogens is 321 g/mol. The summed E-state index contributed by atoms with van der Waals surface area (Å²) in [5, 5.41) is 1.35. The highest BCUT2D eigenvalue weighted by Gasteiger charge is 2.51. The minimum absolute atomic E-state index is 0.414. The van der Waals surface area contributed by atoms with E-state index in [1.54, 1.807) is 0 Å². The van der Waals surface area contributed by atoms with E-state index in [2.05, 4.69) is 89.0 Å². The molecule has 1 aliphatic rings. The molecule has 1 atom stereocenters. The summed E-state index contributed by atoms with van der Waals surface area (Å²) < 4.78 is 4.79. The Bertz CT molecular complexity index is 694. The molecule has 0 saturated heterocycles. The van der Waals surface area contributed by atoms with Gasteiger partial charge in [0, 0.05) is 12.1 Å². The van der Waals surface area contributed by atoms with Crippen LogP contribution in [-0.4, -0.2) is 48.0 Å². The van der Waals surface area contributed by atoms with Crippen LogP contribution >= 0.6 is 6.19 Å². The summed E-state index contributed by atoms with van der Waals surface area (Å²) in [4.78, 5) is 2.32. The Balaban J connectivity index is 2.88. The fourth-order valence-electron chi connectivity index (χ4n) is 3.76. The smallest absolute Gasteiger partial charge is 0.265 e. The molecule has 23 heavy (non-hydrogen) atoms. The molecule has 1 aliphatic heterocycles. The predicted molar refractivity (Wildman–Crippen MR) is 107 cm³/mol. The SMILES string of the molecule is Cc1cc2c(cc1C)P(=S)(N(C(C)C)C(C)C)C(=[N+](C)C)N2C. The average molecular weight is 353 g/mol. The second-order valence-corrected chi connectivity index (χ2v) is 11.4. The van der Waals surface area contributed by atoms with E-state index >= 15 is 0 Å². The lowest BCUT2D eigenvalue weighted by atomic mass is 10.1. The standard InChI is InChI=1S/C18H31N3PS/c1-12(2)21(13(3)4)22(23)17-11-15(6)14(5)10-16(17)20(9)18(22)19(7)8/h10-13H,1-9H3/q+1. The van der Waals surface area contributed by atoms with Crippen molar-refractivity contribution in [2.24, 2.45) is 0 Å². The zero-order valence-electron chi connectivity index (χ0n) is 16.0. The van der Waals surface area contributed by atoms with E-state index in [-0.39, 0.29) is 0 Å². The lowest BCUT2D eigenvalue weighted by molar-refractivity contribution is -0.462. The van der Waals surface area contributed by atoms with Crippen molar-refractivity contribution in [2.75, 3.05) is 26.0 Å². The van der Waals surface area contributed by atoms with Gasteiger partial charge in [0.15, 0.2) is 6.19 Å². The molecule has 0 saturated carbocycles. The van der Waals surface area contributed by atoms with Crippen LogP contribution in [0, 0.1) is 13.8 Å². The van der Waals surface area contributed by atoms with E-state index in [9.17, 15) is 0 Å². The normalized spacial score (nSPS) is 20.9. The topological polar surface area (TPSA) is 9.49 Å². The first kappa shape index (κ1) is 18.6. The Hall–Kier alpha value is -0.700. The molecule has 3 nitrogen and oxygen atoms in total. The van der Waals surface area contributed by atoms with Gasteiger partial charge in [0.05, 0.1) is 26.4 Å². The third kappa shape index (κ3) is 2.79. The van der Waals surface area contributed by atoms with Gasteiger partial charge in [0.2, 0.25) is 0 Å². The molecule has 1 heterocycles. The summed E-state index contributed by atoms with van der Waals surface area (Å²) in [5.74, 6) is 0. The molecule has 128 valence electrons. The van der Waals surface area contributed by atoms with Gasteiger partial charge in [-0.15, -0.1) is 0 Å². The number of hydrogen-bond acceptors (Lipinski definition) is 1. The van der Waals surface area contributed by atoms with Gasteiger partial charge in [-0.05, 0) is 64.8 Å². The third-order valence-electron chi connectivity index (χ3n) is 4.63. The molecule has 0 radical (unpaired) electrons. The van der Waals surface area contributed by atoms with Gasteiger partial charge in [-0.3, -0.25) is 9.25 Å². The van der Waals surface area contributed by atoms with Crippen LogP contribution in [-0.2, 0) is 11.8 Å². The van der Waals surface area contributed by atoms with E-state index in [0.717, 1.165) is 0 Å². The molecule has 0 aromatic heterocycles. The Labute approximate surface area is 147 Å². The van der Waals surface area contributed by atoms with E-state index in [1.807, 2.05) is 0 Å². The Morgan fingerprint density at radius 2 is 1.52 bits per heavy atom. The summed E-state index contributed by atoms with van der Waals surface area (Å²) in [6, 6.07) is 5.48. The van der Waals surface area contributed by atoms with Crippen LogP contribution in [0.1, 0.15) is 38.8 Å². The van der Waals surface area contributed by atoms with Crippen molar-refractivity contribution in [3.8, 4) is 0 Å². The van der Waals surface area contributed by atoms with Crippen LogP contribution in [0.25, 0.3) is 0 Å². The molecular formula is C18H31N3PS+. The van der Waals surface area contributed by atoms with Gasteiger partial charge in [-0.1, -0.05) is 11.8 Å². The quantitative estimate of drug-likeness (QED) is 0.609. The molecule has 1 aromatic rings. The van der Waals surface area contributed by atoms with Crippen LogP contribution < -0.4 is 10.2 Å². The fourth-order valence-corrected chi connectivity index (χ4v) is 10.1. The monoisotopic (exact) mass is 352 g/mol. The van der Waals surface area contributed by atoms with Gasteiger partial charge in [0.25, 0.3) is 5.58 Å². The minimum atomic E-state index is -2.02. The highest BCUT2D eigenvalue weighted by atomic mass is 32.4. The van der Waals surface area contributed by atoms with Crippen LogP contribution in [0.4, 0.5) is 5.69 Å². The molecule has 2 rings (SSSR count). The summed E-state index contributed by atoms with van der Waals surface area (Å²) in [7, 11) is 6.41. The van der Waals surface area contributed by atoms with Crippen molar-refractivity contribution in [2.45, 2.75) is 53.6 Å². The molecule has 0 N–H and O–H groups in total. The first-order valence-corrected chi connectivity index (χ1v) is 11.1. The Kier molecular flexibility index (Phi) is 5.11. The number of aryl methyl sites for hydroxylation is 2. The van der Waals surface area contributed by atoms with Crippen molar-refractivity contribution >= 4 is 34.6 Å². The zero-order chi connectivity index (χ0) is 17.7.